The Labute approximate surface area is 285 Å². The summed E-state index contributed by atoms with van der Waals surface area (Å²) < 4.78 is 2.49. The van der Waals surface area contributed by atoms with Crippen LogP contribution >= 0.6 is 0 Å². The molecule has 0 aliphatic carbocycles. The van der Waals surface area contributed by atoms with Gasteiger partial charge in [-0.3, -0.25) is 0 Å². The summed E-state index contributed by atoms with van der Waals surface area (Å²) >= 11 is 0. The van der Waals surface area contributed by atoms with Gasteiger partial charge < -0.3 is 10.3 Å². The number of aromatic nitrogens is 1. The Morgan fingerprint density at radius 1 is 0.449 bits per heavy atom. The highest BCUT2D eigenvalue weighted by Crippen LogP contribution is 2.40. The molecule has 0 amide bonds. The molecule has 2 N–H and O–H groups in total. The van der Waals surface area contributed by atoms with Gasteiger partial charge in [0, 0.05) is 21.5 Å². The highest BCUT2D eigenvalue weighted by Gasteiger charge is 2.17. The van der Waals surface area contributed by atoms with Gasteiger partial charge in [-0.25, -0.2) is 0 Å². The van der Waals surface area contributed by atoms with Crippen LogP contribution in [0.25, 0.3) is 82.1 Å². The number of nitrogens with two attached hydrogens (primary N) is 1. The van der Waals surface area contributed by atoms with Crippen LogP contribution in [0.15, 0.2) is 182 Å². The summed E-state index contributed by atoms with van der Waals surface area (Å²) in [6.45, 7) is 0. The lowest BCUT2D eigenvalue weighted by Crippen LogP contribution is -1.96. The minimum absolute atomic E-state index is 0.834. The SMILES string of the molecule is N/C=C\C=C/Cc1ccc2c3ccc4cc(-c5ccc(-c6ccc7ccccc7c6)cc5)ccc4c3n(-c3cccc4ccccc34)c2c1. The third-order valence-corrected chi connectivity index (χ3v) is 9.83. The molecule has 0 atom stereocenters. The molecule has 1 aromatic heterocycles. The van der Waals surface area contributed by atoms with Gasteiger partial charge in [0.1, 0.15) is 0 Å². The van der Waals surface area contributed by atoms with Crippen LogP contribution in [-0.2, 0) is 6.42 Å². The average Bonchev–Trinajstić information content (AvgIpc) is 3.49. The molecule has 232 valence electrons. The lowest BCUT2D eigenvalue weighted by Gasteiger charge is -2.14. The summed E-state index contributed by atoms with van der Waals surface area (Å²) in [6.07, 6.45) is 8.43. The average molecular weight is 627 g/mol. The first-order valence-electron chi connectivity index (χ1n) is 16.9. The maximum absolute atomic E-state index is 5.55. The highest BCUT2D eigenvalue weighted by atomic mass is 15.0. The van der Waals surface area contributed by atoms with Crippen LogP contribution < -0.4 is 5.73 Å². The Balaban J connectivity index is 1.19. The third-order valence-electron chi connectivity index (χ3n) is 9.83. The van der Waals surface area contributed by atoms with E-state index in [1.54, 1.807) is 6.20 Å². The maximum atomic E-state index is 5.55. The predicted molar refractivity (Wildman–Crippen MR) is 210 cm³/mol. The molecule has 2 nitrogen and oxygen atoms in total. The molecule has 49 heavy (non-hydrogen) atoms. The van der Waals surface area contributed by atoms with Gasteiger partial charge in [0.15, 0.2) is 0 Å². The number of allylic oxidation sites excluding steroid dienone is 3. The van der Waals surface area contributed by atoms with Gasteiger partial charge in [-0.15, -0.1) is 0 Å². The van der Waals surface area contributed by atoms with Crippen LogP contribution in [0.1, 0.15) is 5.56 Å². The number of nitrogens with zero attached hydrogens (tertiary/aromatic N) is 1. The van der Waals surface area contributed by atoms with E-state index < -0.39 is 0 Å². The Kier molecular flexibility index (Phi) is 7.06. The molecule has 1 heterocycles. The molecule has 0 fully saturated rings. The molecule has 0 spiro atoms. The molecule has 9 aromatic rings. The number of rotatable bonds is 6. The van der Waals surface area contributed by atoms with Crippen molar-refractivity contribution in [1.29, 1.82) is 0 Å². The zero-order valence-electron chi connectivity index (χ0n) is 27.1. The second kappa shape index (κ2) is 12.0. The van der Waals surface area contributed by atoms with E-state index in [1.807, 2.05) is 12.2 Å². The van der Waals surface area contributed by atoms with Gasteiger partial charge >= 0.3 is 0 Å². The van der Waals surface area contributed by atoms with Crippen molar-refractivity contribution in [3.63, 3.8) is 0 Å². The van der Waals surface area contributed by atoms with E-state index >= 15 is 0 Å². The van der Waals surface area contributed by atoms with E-state index in [0.29, 0.717) is 0 Å². The van der Waals surface area contributed by atoms with Crippen LogP contribution in [-0.4, -0.2) is 4.57 Å². The van der Waals surface area contributed by atoms with E-state index in [9.17, 15) is 0 Å². The Morgan fingerprint density at radius 2 is 1.08 bits per heavy atom. The summed E-state index contributed by atoms with van der Waals surface area (Å²) in [5.41, 5.74) is 15.3. The molecule has 0 saturated carbocycles. The first kappa shape index (κ1) is 28.8. The fourth-order valence-corrected chi connectivity index (χ4v) is 7.41. The molecule has 8 aromatic carbocycles. The van der Waals surface area contributed by atoms with Crippen molar-refractivity contribution in [3.05, 3.63) is 188 Å². The molecule has 0 saturated heterocycles. The van der Waals surface area contributed by atoms with Gasteiger partial charge in [-0.2, -0.15) is 0 Å². The van der Waals surface area contributed by atoms with E-state index in [1.165, 1.54) is 87.6 Å². The van der Waals surface area contributed by atoms with Gasteiger partial charge in [0.2, 0.25) is 0 Å². The van der Waals surface area contributed by atoms with Crippen LogP contribution in [0.2, 0.25) is 0 Å². The molecule has 0 radical (unpaired) electrons. The molecule has 0 aliphatic rings. The summed E-state index contributed by atoms with van der Waals surface area (Å²) in [5, 5.41) is 9.99. The fraction of sp³-hybridized carbons (Fsp3) is 0.0213. The van der Waals surface area contributed by atoms with Crippen LogP contribution in [0.4, 0.5) is 0 Å². The fourth-order valence-electron chi connectivity index (χ4n) is 7.41. The van der Waals surface area contributed by atoms with Gasteiger partial charge in [-0.1, -0.05) is 146 Å². The normalized spacial score (nSPS) is 12.1. The first-order valence-corrected chi connectivity index (χ1v) is 16.9. The predicted octanol–water partition coefficient (Wildman–Crippen LogP) is 12.1. The minimum Gasteiger partial charge on any atom is -0.405 e. The quantitative estimate of drug-likeness (QED) is 0.183. The van der Waals surface area contributed by atoms with E-state index in [4.69, 9.17) is 5.73 Å². The van der Waals surface area contributed by atoms with Crippen molar-refractivity contribution in [2.24, 2.45) is 5.73 Å². The summed E-state index contributed by atoms with van der Waals surface area (Å²) in [5.74, 6) is 0. The van der Waals surface area contributed by atoms with Crippen LogP contribution in [0, 0.1) is 0 Å². The zero-order chi connectivity index (χ0) is 32.7. The van der Waals surface area contributed by atoms with Crippen molar-refractivity contribution >= 4 is 54.1 Å². The number of hydrogen-bond donors (Lipinski definition) is 1. The van der Waals surface area contributed by atoms with Crippen molar-refractivity contribution in [3.8, 4) is 27.9 Å². The molecule has 2 heteroatoms. The van der Waals surface area contributed by atoms with Gasteiger partial charge in [-0.05, 0) is 92.3 Å². The second-order valence-corrected chi connectivity index (χ2v) is 12.7. The third kappa shape index (κ3) is 5.06. The smallest absolute Gasteiger partial charge is 0.0619 e. The van der Waals surface area contributed by atoms with Crippen molar-refractivity contribution in [2.75, 3.05) is 0 Å². The van der Waals surface area contributed by atoms with E-state index in [2.05, 4.69) is 168 Å². The Bertz CT molecular complexity index is 2740. The number of benzene rings is 8. The van der Waals surface area contributed by atoms with E-state index in [0.717, 1.165) is 6.42 Å². The molecule has 0 unspecified atom stereocenters. The lowest BCUT2D eigenvalue weighted by atomic mass is 9.96. The monoisotopic (exact) mass is 626 g/mol. The Hall–Kier alpha value is -6.38. The standard InChI is InChI=1S/C47H34N2/c48-28-7-1-2-9-32-16-25-43-44-27-24-40-31-39(35-19-17-34(18-20-35)38-22-21-33-10-3-4-12-37(33)30-38)23-26-42(40)47(44)49(46(43)29-32)45-15-8-13-36-11-5-6-14-41(36)45/h1-8,10-31H,9,48H2/b2-1-,28-7-. The summed E-state index contributed by atoms with van der Waals surface area (Å²) in [6, 6.07) is 57.9. The second-order valence-electron chi connectivity index (χ2n) is 12.7. The number of fused-ring (bicyclic) bond motifs is 7. The zero-order valence-corrected chi connectivity index (χ0v) is 27.1. The first-order chi connectivity index (χ1) is 24.2. The Morgan fingerprint density at radius 3 is 1.90 bits per heavy atom. The molecule has 0 aliphatic heterocycles. The maximum Gasteiger partial charge on any atom is 0.0619 e. The van der Waals surface area contributed by atoms with Gasteiger partial charge in [0.25, 0.3) is 0 Å². The molecular formula is C47H34N2. The van der Waals surface area contributed by atoms with Crippen LogP contribution in [0.5, 0.6) is 0 Å². The highest BCUT2D eigenvalue weighted by molar-refractivity contribution is 6.19. The lowest BCUT2D eigenvalue weighted by molar-refractivity contribution is 1.19. The largest absolute Gasteiger partial charge is 0.405 e. The van der Waals surface area contributed by atoms with Crippen molar-refractivity contribution in [2.45, 2.75) is 6.42 Å². The molecular weight excluding hydrogens is 593 g/mol. The minimum atomic E-state index is 0.834. The van der Waals surface area contributed by atoms with Crippen molar-refractivity contribution in [1.82, 2.24) is 4.57 Å². The van der Waals surface area contributed by atoms with Crippen LogP contribution in [0.3, 0.4) is 0 Å². The van der Waals surface area contributed by atoms with Gasteiger partial charge in [0.05, 0.1) is 16.7 Å². The van der Waals surface area contributed by atoms with E-state index in [-0.39, 0.29) is 0 Å². The van der Waals surface area contributed by atoms with Crippen molar-refractivity contribution < 1.29 is 0 Å². The number of hydrogen-bond acceptors (Lipinski definition) is 1. The molecule has 0 bridgehead atoms. The summed E-state index contributed by atoms with van der Waals surface area (Å²) in [7, 11) is 0. The topological polar surface area (TPSA) is 30.9 Å². The molecule has 9 rings (SSSR count). The summed E-state index contributed by atoms with van der Waals surface area (Å²) in [4.78, 5) is 0.